The summed E-state index contributed by atoms with van der Waals surface area (Å²) in [7, 11) is 0. The molecule has 0 amide bonds. The van der Waals surface area contributed by atoms with E-state index in [9.17, 15) is 4.39 Å². The molecule has 5 aromatic rings. The van der Waals surface area contributed by atoms with Crippen molar-refractivity contribution in [2.75, 3.05) is 0 Å². The van der Waals surface area contributed by atoms with Crippen LogP contribution in [-0.4, -0.2) is 9.97 Å². The Hall–Kier alpha value is -4.85. The van der Waals surface area contributed by atoms with Crippen LogP contribution in [0.25, 0.3) is 33.6 Å². The fraction of sp³-hybridized carbons (Fsp3) is 0.211. The van der Waals surface area contributed by atoms with Gasteiger partial charge in [-0.1, -0.05) is 68.3 Å². The summed E-state index contributed by atoms with van der Waals surface area (Å²) in [5.41, 5.74) is 2.26. The maximum absolute atomic E-state index is 15.1. The Morgan fingerprint density at radius 3 is 1.98 bits per heavy atom. The molecule has 0 aliphatic rings. The number of nitrogens with zero attached hydrogens (tertiary/aromatic N) is 2. The van der Waals surface area contributed by atoms with Gasteiger partial charge in [-0.15, -0.1) is 6.58 Å². The van der Waals surface area contributed by atoms with Crippen molar-refractivity contribution in [1.82, 2.24) is 9.97 Å². The van der Waals surface area contributed by atoms with E-state index in [1.165, 1.54) is 30.3 Å². The molecule has 0 N–H and O–H groups in total. The maximum Gasteiger partial charge on any atom is 0.429 e. The van der Waals surface area contributed by atoms with Gasteiger partial charge in [-0.05, 0) is 78.3 Å². The largest absolute Gasteiger partial charge is 0.429 e. The van der Waals surface area contributed by atoms with Gasteiger partial charge in [0.15, 0.2) is 5.82 Å². The van der Waals surface area contributed by atoms with E-state index in [1.54, 1.807) is 30.6 Å². The molecule has 0 unspecified atom stereocenters. The Bertz CT molecular complexity index is 1800. The lowest BCUT2D eigenvalue weighted by molar-refractivity contribution is -0.187. The van der Waals surface area contributed by atoms with Crippen molar-refractivity contribution in [3.8, 4) is 39.4 Å². The molecule has 0 aliphatic carbocycles. The third-order valence-electron chi connectivity index (χ3n) is 7.68. The lowest BCUT2D eigenvalue weighted by Crippen LogP contribution is -2.23. The van der Waals surface area contributed by atoms with Crippen molar-refractivity contribution < 1.29 is 26.7 Å². The van der Waals surface area contributed by atoms with Crippen LogP contribution < -0.4 is 4.74 Å². The van der Waals surface area contributed by atoms with Crippen LogP contribution >= 0.6 is 0 Å². The zero-order valence-corrected chi connectivity index (χ0v) is 25.4. The first-order valence-corrected chi connectivity index (χ1v) is 15.2. The number of rotatable bonds is 13. The summed E-state index contributed by atoms with van der Waals surface area (Å²) in [5, 5.41) is 0. The molecule has 4 aromatic carbocycles. The normalized spacial score (nSPS) is 11.4. The van der Waals surface area contributed by atoms with Crippen molar-refractivity contribution in [3.05, 3.63) is 138 Å². The molecule has 46 heavy (non-hydrogen) atoms. The summed E-state index contributed by atoms with van der Waals surface area (Å²) in [6.07, 6.45) is 6.84. The highest BCUT2D eigenvalue weighted by atomic mass is 19.3. The highest BCUT2D eigenvalue weighted by Crippen LogP contribution is 2.37. The van der Waals surface area contributed by atoms with Crippen LogP contribution in [0.15, 0.2) is 104 Å². The third kappa shape index (κ3) is 7.68. The zero-order chi connectivity index (χ0) is 32.7. The molecule has 0 saturated carbocycles. The third-order valence-corrected chi connectivity index (χ3v) is 7.68. The fourth-order valence-corrected chi connectivity index (χ4v) is 5.14. The predicted octanol–water partition coefficient (Wildman–Crippen LogP) is 10.9. The summed E-state index contributed by atoms with van der Waals surface area (Å²) in [4.78, 5) is 8.67. The molecule has 0 spiro atoms. The second kappa shape index (κ2) is 14.5. The van der Waals surface area contributed by atoms with E-state index in [4.69, 9.17) is 4.74 Å². The number of halogens is 5. The van der Waals surface area contributed by atoms with Gasteiger partial charge in [-0.2, -0.15) is 8.78 Å². The fourth-order valence-electron chi connectivity index (χ4n) is 5.14. The number of benzene rings is 4. The van der Waals surface area contributed by atoms with E-state index in [1.807, 2.05) is 18.2 Å². The molecule has 1 heterocycles. The molecule has 3 nitrogen and oxygen atoms in total. The molecule has 0 aliphatic heterocycles. The predicted molar refractivity (Wildman–Crippen MR) is 171 cm³/mol. The number of alkyl halides is 2. The van der Waals surface area contributed by atoms with Crippen LogP contribution in [0.3, 0.4) is 0 Å². The SMILES string of the molecule is C=CCCc1ccc(-c2ccc(OC(F)(F)c3ccc(-c4ccc(-c5ncc(CCCCC)cn5)cc4F)cc3F)cc2F)cc1. The molecule has 0 saturated heterocycles. The Balaban J connectivity index is 1.29. The monoisotopic (exact) mass is 628 g/mol. The average molecular weight is 629 g/mol. The van der Waals surface area contributed by atoms with Gasteiger partial charge in [0.05, 0.1) is 5.56 Å². The number of ether oxygens (including phenoxy) is 1. The van der Waals surface area contributed by atoms with Crippen LogP contribution in [-0.2, 0) is 19.0 Å². The van der Waals surface area contributed by atoms with Gasteiger partial charge in [0.25, 0.3) is 0 Å². The minimum Gasteiger partial charge on any atom is -0.429 e. The van der Waals surface area contributed by atoms with Crippen LogP contribution in [0, 0.1) is 17.5 Å². The molecule has 1 aromatic heterocycles. The molecule has 0 fully saturated rings. The van der Waals surface area contributed by atoms with E-state index in [-0.39, 0.29) is 16.7 Å². The molecule has 236 valence electrons. The topological polar surface area (TPSA) is 35.0 Å². The summed E-state index contributed by atoms with van der Waals surface area (Å²) in [5.74, 6) is -2.90. The maximum atomic E-state index is 15.1. The number of hydrogen-bond acceptors (Lipinski definition) is 3. The van der Waals surface area contributed by atoms with E-state index in [2.05, 4.69) is 23.5 Å². The first-order valence-electron chi connectivity index (χ1n) is 15.2. The standard InChI is InChI=1S/C38H33F5N2O/c1-3-5-7-9-26-23-44-37(45-24-26)29-14-17-32(34(39)21-29)28-15-19-33(36(41)20-28)38(42,43)46-30-16-18-31(35(40)22-30)27-12-10-25(11-13-27)8-6-4-2/h4,10-24H,2-3,5-9H2,1H3. The molecule has 0 atom stereocenters. The molecule has 5 rings (SSSR count). The molecular formula is C38H33F5N2O. The minimum atomic E-state index is -4.13. The van der Waals surface area contributed by atoms with Crippen molar-refractivity contribution >= 4 is 0 Å². The lowest BCUT2D eigenvalue weighted by atomic mass is 10.0. The molecule has 0 radical (unpaired) electrons. The van der Waals surface area contributed by atoms with E-state index >= 15 is 17.6 Å². The minimum absolute atomic E-state index is 0.0148. The highest BCUT2D eigenvalue weighted by Gasteiger charge is 2.38. The van der Waals surface area contributed by atoms with Gasteiger partial charge >= 0.3 is 6.11 Å². The average Bonchev–Trinajstić information content (AvgIpc) is 3.04. The Morgan fingerprint density at radius 2 is 1.33 bits per heavy atom. The van der Waals surface area contributed by atoms with Gasteiger partial charge in [0.2, 0.25) is 0 Å². The quantitative estimate of drug-likeness (QED) is 0.0739. The number of aromatic nitrogens is 2. The summed E-state index contributed by atoms with van der Waals surface area (Å²) >= 11 is 0. The first kappa shape index (κ1) is 32.5. The van der Waals surface area contributed by atoms with Crippen molar-refractivity contribution in [2.45, 2.75) is 51.6 Å². The van der Waals surface area contributed by atoms with Gasteiger partial charge in [0, 0.05) is 35.2 Å². The first-order chi connectivity index (χ1) is 22.2. The Kier molecular flexibility index (Phi) is 10.3. The molecule has 0 bridgehead atoms. The van der Waals surface area contributed by atoms with Crippen molar-refractivity contribution in [3.63, 3.8) is 0 Å². The molecular weight excluding hydrogens is 595 g/mol. The molecule has 8 heteroatoms. The van der Waals surface area contributed by atoms with Crippen LogP contribution in [0.2, 0.25) is 0 Å². The van der Waals surface area contributed by atoms with E-state index in [0.717, 1.165) is 67.9 Å². The van der Waals surface area contributed by atoms with Crippen LogP contribution in [0.1, 0.15) is 49.3 Å². The number of hydrogen-bond donors (Lipinski definition) is 0. The summed E-state index contributed by atoms with van der Waals surface area (Å²) in [6.45, 7) is 5.82. The Labute approximate surface area is 265 Å². The second-order valence-corrected chi connectivity index (χ2v) is 11.0. The number of allylic oxidation sites excluding steroid dienone is 1. The summed E-state index contributed by atoms with van der Waals surface area (Å²) < 4.78 is 80.1. The van der Waals surface area contributed by atoms with Crippen LogP contribution in [0.5, 0.6) is 5.75 Å². The van der Waals surface area contributed by atoms with Crippen molar-refractivity contribution in [2.24, 2.45) is 0 Å². The van der Waals surface area contributed by atoms with E-state index in [0.29, 0.717) is 17.0 Å². The van der Waals surface area contributed by atoms with Gasteiger partial charge in [0.1, 0.15) is 23.2 Å². The smallest absolute Gasteiger partial charge is 0.429 e. The lowest BCUT2D eigenvalue weighted by Gasteiger charge is -2.20. The summed E-state index contributed by atoms with van der Waals surface area (Å²) in [6, 6.07) is 17.7. The van der Waals surface area contributed by atoms with Gasteiger partial charge in [-0.25, -0.2) is 23.1 Å². The van der Waals surface area contributed by atoms with Gasteiger partial charge in [-0.3, -0.25) is 0 Å². The van der Waals surface area contributed by atoms with Crippen molar-refractivity contribution in [1.29, 1.82) is 0 Å². The van der Waals surface area contributed by atoms with Crippen LogP contribution in [0.4, 0.5) is 22.0 Å². The van der Waals surface area contributed by atoms with E-state index < -0.39 is 34.9 Å². The van der Waals surface area contributed by atoms with Gasteiger partial charge < -0.3 is 4.74 Å². The highest BCUT2D eigenvalue weighted by molar-refractivity contribution is 5.69. The zero-order valence-electron chi connectivity index (χ0n) is 25.4. The Morgan fingerprint density at radius 1 is 0.696 bits per heavy atom. The number of unbranched alkanes of at least 4 members (excludes halogenated alkanes) is 2. The number of aryl methyl sites for hydroxylation is 2. The second-order valence-electron chi connectivity index (χ2n) is 11.0.